The third kappa shape index (κ3) is 5.59. The molecular formula is C24H24N2O5S. The normalized spacial score (nSPS) is 14.6. The average Bonchev–Trinajstić information content (AvgIpc) is 3.05. The first-order valence-electron chi connectivity index (χ1n) is 10.0. The second kappa shape index (κ2) is 10.7. The largest absolute Gasteiger partial charge is 0.493 e. The monoisotopic (exact) mass is 452 g/mol. The fourth-order valence-corrected chi connectivity index (χ4v) is 3.84. The first kappa shape index (κ1) is 23.1. The van der Waals surface area contributed by atoms with E-state index in [-0.39, 0.29) is 11.4 Å². The van der Waals surface area contributed by atoms with Crippen LogP contribution in [0.1, 0.15) is 18.1 Å². The Morgan fingerprint density at radius 3 is 2.56 bits per heavy atom. The van der Waals surface area contributed by atoms with E-state index in [9.17, 15) is 14.4 Å². The molecule has 1 heterocycles. The maximum atomic E-state index is 12.7. The van der Waals surface area contributed by atoms with Crippen molar-refractivity contribution in [1.29, 1.82) is 0 Å². The predicted octanol–water partition coefficient (Wildman–Crippen LogP) is 4.50. The Hall–Kier alpha value is -3.52. The first-order chi connectivity index (χ1) is 15.4. The molecule has 3 rings (SSSR count). The van der Waals surface area contributed by atoms with Gasteiger partial charge in [0.05, 0.1) is 12.0 Å². The average molecular weight is 453 g/mol. The van der Waals surface area contributed by atoms with E-state index in [4.69, 9.17) is 9.47 Å². The van der Waals surface area contributed by atoms with E-state index in [1.165, 1.54) is 7.11 Å². The van der Waals surface area contributed by atoms with Crippen LogP contribution in [0.15, 0.2) is 60.0 Å². The van der Waals surface area contributed by atoms with Gasteiger partial charge < -0.3 is 14.8 Å². The second-order valence-electron chi connectivity index (χ2n) is 6.88. The molecule has 0 saturated carbocycles. The van der Waals surface area contributed by atoms with E-state index in [1.807, 2.05) is 19.1 Å². The molecule has 1 N–H and O–H groups in total. The van der Waals surface area contributed by atoms with E-state index < -0.39 is 17.1 Å². The maximum absolute atomic E-state index is 12.7. The Balaban J connectivity index is 1.68. The lowest BCUT2D eigenvalue weighted by atomic mass is 10.1. The van der Waals surface area contributed by atoms with Crippen molar-refractivity contribution < 1.29 is 23.9 Å². The fourth-order valence-electron chi connectivity index (χ4n) is 3.00. The number of hydrogen-bond donors (Lipinski definition) is 1. The smallest absolute Gasteiger partial charge is 0.294 e. The highest BCUT2D eigenvalue weighted by Gasteiger charge is 2.36. The maximum Gasteiger partial charge on any atom is 0.294 e. The molecule has 0 radical (unpaired) electrons. The lowest BCUT2D eigenvalue weighted by Gasteiger charge is -2.12. The van der Waals surface area contributed by atoms with Crippen molar-refractivity contribution in [3.63, 3.8) is 0 Å². The summed E-state index contributed by atoms with van der Waals surface area (Å²) in [5.74, 6) is 0.0835. The van der Waals surface area contributed by atoms with Gasteiger partial charge in [0, 0.05) is 5.69 Å². The number of rotatable bonds is 9. The van der Waals surface area contributed by atoms with Crippen LogP contribution < -0.4 is 14.8 Å². The predicted molar refractivity (Wildman–Crippen MR) is 126 cm³/mol. The van der Waals surface area contributed by atoms with Crippen molar-refractivity contribution in [2.24, 2.45) is 0 Å². The summed E-state index contributed by atoms with van der Waals surface area (Å²) in [5.41, 5.74) is 2.43. The number of nitrogens with zero attached hydrogens (tertiary/aromatic N) is 1. The van der Waals surface area contributed by atoms with Gasteiger partial charge in [0.25, 0.3) is 11.1 Å². The summed E-state index contributed by atoms with van der Waals surface area (Å²) in [6, 6.07) is 12.6. The van der Waals surface area contributed by atoms with E-state index in [1.54, 1.807) is 42.5 Å². The molecule has 7 nitrogen and oxygen atoms in total. The number of imide groups is 1. The van der Waals surface area contributed by atoms with E-state index in [0.717, 1.165) is 28.6 Å². The minimum atomic E-state index is -0.512. The minimum absolute atomic E-state index is 0.233. The van der Waals surface area contributed by atoms with Gasteiger partial charge in [0.1, 0.15) is 13.2 Å². The first-order valence-corrected chi connectivity index (χ1v) is 10.8. The third-order valence-electron chi connectivity index (χ3n) is 4.66. The number of carbonyl (C=O) groups excluding carboxylic acids is 3. The van der Waals surface area contributed by atoms with Crippen LogP contribution >= 0.6 is 11.8 Å². The molecule has 0 atom stereocenters. The van der Waals surface area contributed by atoms with Gasteiger partial charge >= 0.3 is 0 Å². The van der Waals surface area contributed by atoms with Crippen molar-refractivity contribution in [3.05, 3.63) is 71.2 Å². The second-order valence-corrected chi connectivity index (χ2v) is 7.87. The number of benzene rings is 2. The highest BCUT2D eigenvalue weighted by Crippen LogP contribution is 2.34. The summed E-state index contributed by atoms with van der Waals surface area (Å²) < 4.78 is 10.8. The molecule has 0 unspecified atom stereocenters. The topological polar surface area (TPSA) is 84.9 Å². The zero-order valence-corrected chi connectivity index (χ0v) is 18.7. The molecule has 2 aromatic carbocycles. The Labute approximate surface area is 191 Å². The number of thioether (sulfide) groups is 1. The summed E-state index contributed by atoms with van der Waals surface area (Å²) in [4.78, 5) is 38.6. The highest BCUT2D eigenvalue weighted by molar-refractivity contribution is 8.18. The van der Waals surface area contributed by atoms with Crippen LogP contribution in [0.2, 0.25) is 0 Å². The fraction of sp³-hybridized carbons (Fsp3) is 0.208. The molecule has 166 valence electrons. The molecular weight excluding hydrogens is 428 g/mol. The number of ether oxygens (including phenoxy) is 2. The number of hydrogen-bond acceptors (Lipinski definition) is 6. The van der Waals surface area contributed by atoms with Crippen LogP contribution in [0.5, 0.6) is 11.5 Å². The summed E-state index contributed by atoms with van der Waals surface area (Å²) >= 11 is 0.795. The lowest BCUT2D eigenvalue weighted by Crippen LogP contribution is -2.36. The standard InChI is InChI=1S/C24H24N2O5S/c1-4-12-31-19-11-8-17(13-20(19)30-3)14-21-23(28)26(24(29)32-21)15-22(27)25-18-9-6-16(5-2)7-10-18/h4,6-11,13-14H,1,5,12,15H2,2-3H3,(H,25,27)/b21-14+. The lowest BCUT2D eigenvalue weighted by molar-refractivity contribution is -0.127. The SMILES string of the molecule is C=CCOc1ccc(/C=C2/SC(=O)N(CC(=O)Nc3ccc(CC)cc3)C2=O)cc1OC. The molecule has 0 bridgehead atoms. The Morgan fingerprint density at radius 2 is 1.91 bits per heavy atom. The quantitative estimate of drug-likeness (QED) is 0.446. The summed E-state index contributed by atoms with van der Waals surface area (Å²) in [6.07, 6.45) is 4.11. The van der Waals surface area contributed by atoms with Gasteiger partial charge in [0.2, 0.25) is 5.91 Å². The zero-order chi connectivity index (χ0) is 23.1. The third-order valence-corrected chi connectivity index (χ3v) is 5.57. The van der Waals surface area contributed by atoms with Crippen LogP contribution in [0, 0.1) is 0 Å². The van der Waals surface area contributed by atoms with Crippen molar-refractivity contribution in [1.82, 2.24) is 4.90 Å². The Morgan fingerprint density at radius 1 is 1.16 bits per heavy atom. The van der Waals surface area contributed by atoms with Gasteiger partial charge in [-0.25, -0.2) is 0 Å². The molecule has 1 fully saturated rings. The van der Waals surface area contributed by atoms with Crippen molar-refractivity contribution >= 4 is 40.6 Å². The molecule has 1 aliphatic heterocycles. The number of nitrogens with one attached hydrogen (secondary N) is 1. The van der Waals surface area contributed by atoms with Crippen molar-refractivity contribution in [3.8, 4) is 11.5 Å². The van der Waals surface area contributed by atoms with Crippen molar-refractivity contribution in [2.75, 3.05) is 25.6 Å². The van der Waals surface area contributed by atoms with Gasteiger partial charge in [-0.2, -0.15) is 0 Å². The number of aryl methyl sites for hydroxylation is 1. The van der Waals surface area contributed by atoms with E-state index in [0.29, 0.717) is 29.4 Å². The molecule has 3 amide bonds. The zero-order valence-electron chi connectivity index (χ0n) is 17.9. The Bertz CT molecular complexity index is 1060. The van der Waals surface area contributed by atoms with E-state index >= 15 is 0 Å². The van der Waals surface area contributed by atoms with Crippen LogP contribution in [0.4, 0.5) is 10.5 Å². The molecule has 0 aromatic heterocycles. The number of anilines is 1. The molecule has 0 aliphatic carbocycles. The van der Waals surface area contributed by atoms with Crippen LogP contribution in [-0.2, 0) is 16.0 Å². The van der Waals surface area contributed by atoms with Crippen LogP contribution in [0.3, 0.4) is 0 Å². The molecule has 8 heteroatoms. The summed E-state index contributed by atoms with van der Waals surface area (Å²) in [5, 5.41) is 2.22. The number of carbonyl (C=O) groups is 3. The van der Waals surface area contributed by atoms with Crippen molar-refractivity contribution in [2.45, 2.75) is 13.3 Å². The minimum Gasteiger partial charge on any atom is -0.493 e. The van der Waals surface area contributed by atoms with Gasteiger partial charge in [-0.3, -0.25) is 19.3 Å². The molecule has 32 heavy (non-hydrogen) atoms. The molecule has 1 aliphatic rings. The van der Waals surface area contributed by atoms with Crippen LogP contribution in [-0.4, -0.2) is 42.2 Å². The Kier molecular flexibility index (Phi) is 7.72. The van der Waals surface area contributed by atoms with E-state index in [2.05, 4.69) is 11.9 Å². The van der Waals surface area contributed by atoms with Gasteiger partial charge in [0.15, 0.2) is 11.5 Å². The summed E-state index contributed by atoms with van der Waals surface area (Å²) in [6.45, 7) is 5.63. The van der Waals surface area contributed by atoms with Gasteiger partial charge in [-0.05, 0) is 59.7 Å². The molecule has 0 spiro atoms. The number of methoxy groups -OCH3 is 1. The molecule has 1 saturated heterocycles. The highest BCUT2D eigenvalue weighted by atomic mass is 32.2. The molecule has 2 aromatic rings. The van der Waals surface area contributed by atoms with Gasteiger partial charge in [-0.1, -0.05) is 37.8 Å². The number of amides is 3. The summed E-state index contributed by atoms with van der Waals surface area (Å²) in [7, 11) is 1.52. The van der Waals surface area contributed by atoms with Crippen LogP contribution in [0.25, 0.3) is 6.08 Å². The van der Waals surface area contributed by atoms with Gasteiger partial charge in [-0.15, -0.1) is 0 Å².